The van der Waals surface area contributed by atoms with Gasteiger partial charge in [0.25, 0.3) is 5.91 Å². The van der Waals surface area contributed by atoms with E-state index in [-0.39, 0.29) is 5.91 Å². The van der Waals surface area contributed by atoms with Crippen LogP contribution in [-0.2, 0) is 6.54 Å². The minimum absolute atomic E-state index is 0.0382. The Morgan fingerprint density at radius 2 is 1.83 bits per heavy atom. The van der Waals surface area contributed by atoms with Crippen molar-refractivity contribution in [3.05, 3.63) is 65.3 Å². The second-order valence-corrected chi connectivity index (χ2v) is 6.95. The van der Waals surface area contributed by atoms with Crippen LogP contribution in [0.25, 0.3) is 10.1 Å². The van der Waals surface area contributed by atoms with Crippen molar-refractivity contribution >= 4 is 27.3 Å². The predicted molar refractivity (Wildman–Crippen MR) is 97.2 cm³/mol. The van der Waals surface area contributed by atoms with Crippen LogP contribution in [0, 0.1) is 0 Å². The van der Waals surface area contributed by atoms with Gasteiger partial charge in [0.15, 0.2) is 0 Å². The number of carbonyl (C=O) groups excluding carboxylic acids is 1. The number of thiophene rings is 1. The summed E-state index contributed by atoms with van der Waals surface area (Å²) in [4.78, 5) is 20.9. The van der Waals surface area contributed by atoms with Crippen molar-refractivity contribution in [1.29, 1.82) is 0 Å². The summed E-state index contributed by atoms with van der Waals surface area (Å²) in [5.41, 5.74) is 1.93. The molecule has 2 aromatic heterocycles. The van der Waals surface area contributed by atoms with Crippen LogP contribution in [0.3, 0.4) is 0 Å². The van der Waals surface area contributed by atoms with Crippen molar-refractivity contribution < 1.29 is 4.79 Å². The largest absolute Gasteiger partial charge is 0.335 e. The maximum Gasteiger partial charge on any atom is 0.272 e. The second kappa shape index (κ2) is 6.71. The molecule has 1 aliphatic heterocycles. The monoisotopic (exact) mass is 337 g/mol. The summed E-state index contributed by atoms with van der Waals surface area (Å²) >= 11 is 1.81. The van der Waals surface area contributed by atoms with E-state index in [0.29, 0.717) is 5.69 Å². The van der Waals surface area contributed by atoms with Crippen LogP contribution in [0.4, 0.5) is 0 Å². The molecule has 1 amide bonds. The van der Waals surface area contributed by atoms with Gasteiger partial charge in [0.1, 0.15) is 5.69 Å². The minimum atomic E-state index is 0.0382. The molecule has 24 heavy (non-hydrogen) atoms. The number of rotatable bonds is 3. The average Bonchev–Trinajstić information content (AvgIpc) is 3.06. The molecule has 0 N–H and O–H groups in total. The number of amides is 1. The Hall–Kier alpha value is -2.24. The van der Waals surface area contributed by atoms with Gasteiger partial charge in [-0.05, 0) is 34.5 Å². The molecule has 1 aliphatic rings. The van der Waals surface area contributed by atoms with Crippen LogP contribution in [0.15, 0.2) is 54.0 Å². The second-order valence-electron chi connectivity index (χ2n) is 6.04. The number of aromatic nitrogens is 1. The number of pyridine rings is 1. The Labute approximate surface area is 145 Å². The molecule has 122 valence electrons. The number of nitrogens with zero attached hydrogens (tertiary/aromatic N) is 3. The quantitative estimate of drug-likeness (QED) is 0.736. The van der Waals surface area contributed by atoms with Crippen LogP contribution < -0.4 is 0 Å². The topological polar surface area (TPSA) is 36.4 Å². The highest BCUT2D eigenvalue weighted by Gasteiger charge is 2.23. The van der Waals surface area contributed by atoms with E-state index in [2.05, 4.69) is 39.5 Å². The van der Waals surface area contributed by atoms with E-state index in [0.717, 1.165) is 32.7 Å². The molecular weight excluding hydrogens is 318 g/mol. The summed E-state index contributed by atoms with van der Waals surface area (Å²) < 4.78 is 1.34. The molecule has 0 aliphatic carbocycles. The van der Waals surface area contributed by atoms with E-state index >= 15 is 0 Å². The standard InChI is InChI=1S/C19H19N3OS/c23-19(17-6-3-4-8-20-17)22-11-9-21(10-12-22)13-15-14-24-18-7-2-1-5-16(15)18/h1-8,14H,9-13H2. The van der Waals surface area contributed by atoms with Gasteiger partial charge in [-0.3, -0.25) is 14.7 Å². The zero-order valence-electron chi connectivity index (χ0n) is 13.4. The third kappa shape index (κ3) is 3.05. The Morgan fingerprint density at radius 3 is 2.62 bits per heavy atom. The molecule has 0 unspecified atom stereocenters. The number of hydrogen-bond acceptors (Lipinski definition) is 4. The van der Waals surface area contributed by atoms with Gasteiger partial charge in [-0.25, -0.2) is 0 Å². The molecule has 5 heteroatoms. The first-order chi connectivity index (χ1) is 11.8. The molecule has 4 nitrogen and oxygen atoms in total. The first-order valence-corrected chi connectivity index (χ1v) is 9.07. The van der Waals surface area contributed by atoms with Crippen LogP contribution in [0.2, 0.25) is 0 Å². The number of hydrogen-bond donors (Lipinski definition) is 0. The van der Waals surface area contributed by atoms with Gasteiger partial charge in [-0.15, -0.1) is 11.3 Å². The first-order valence-electron chi connectivity index (χ1n) is 8.19. The van der Waals surface area contributed by atoms with Crippen molar-refractivity contribution in [3.8, 4) is 0 Å². The molecule has 3 aromatic rings. The minimum Gasteiger partial charge on any atom is -0.335 e. The summed E-state index contributed by atoms with van der Waals surface area (Å²) in [5, 5.41) is 3.62. The highest BCUT2D eigenvalue weighted by molar-refractivity contribution is 7.17. The normalized spacial score (nSPS) is 15.8. The van der Waals surface area contributed by atoms with E-state index in [9.17, 15) is 4.79 Å². The van der Waals surface area contributed by atoms with E-state index in [4.69, 9.17) is 0 Å². The lowest BCUT2D eigenvalue weighted by Gasteiger charge is -2.34. The molecule has 1 fully saturated rings. The molecule has 1 saturated heterocycles. The lowest BCUT2D eigenvalue weighted by Crippen LogP contribution is -2.48. The summed E-state index contributed by atoms with van der Waals surface area (Å²) in [7, 11) is 0. The van der Waals surface area contributed by atoms with E-state index in [1.165, 1.54) is 15.6 Å². The van der Waals surface area contributed by atoms with Crippen LogP contribution >= 0.6 is 11.3 Å². The van der Waals surface area contributed by atoms with Gasteiger partial charge in [0.2, 0.25) is 0 Å². The van der Waals surface area contributed by atoms with Crippen LogP contribution in [-0.4, -0.2) is 46.9 Å². The molecule has 0 bridgehead atoms. The Kier molecular flexibility index (Phi) is 4.28. The molecule has 4 rings (SSSR count). The molecule has 1 aromatic carbocycles. The average molecular weight is 337 g/mol. The van der Waals surface area contributed by atoms with Gasteiger partial charge in [-0.1, -0.05) is 24.3 Å². The van der Waals surface area contributed by atoms with Gasteiger partial charge in [-0.2, -0.15) is 0 Å². The van der Waals surface area contributed by atoms with Gasteiger partial charge in [0, 0.05) is 43.6 Å². The third-order valence-corrected chi connectivity index (χ3v) is 5.51. The van der Waals surface area contributed by atoms with Crippen molar-refractivity contribution in [2.24, 2.45) is 0 Å². The fraction of sp³-hybridized carbons (Fsp3) is 0.263. The van der Waals surface area contributed by atoms with Crippen molar-refractivity contribution in [2.75, 3.05) is 26.2 Å². The molecular formula is C19H19N3OS. The van der Waals surface area contributed by atoms with Gasteiger partial charge < -0.3 is 4.90 Å². The van der Waals surface area contributed by atoms with Crippen LogP contribution in [0.5, 0.6) is 0 Å². The summed E-state index contributed by atoms with van der Waals surface area (Å²) in [6, 6.07) is 14.0. The first kappa shape index (κ1) is 15.3. The fourth-order valence-corrected chi connectivity index (χ4v) is 4.11. The highest BCUT2D eigenvalue weighted by Crippen LogP contribution is 2.27. The SMILES string of the molecule is O=C(c1ccccn1)N1CCN(Cc2csc3ccccc23)CC1. The van der Waals surface area contributed by atoms with E-state index in [1.807, 2.05) is 17.0 Å². The van der Waals surface area contributed by atoms with E-state index in [1.54, 1.807) is 23.6 Å². The summed E-state index contributed by atoms with van der Waals surface area (Å²) in [5.74, 6) is 0.0382. The summed E-state index contributed by atoms with van der Waals surface area (Å²) in [6.07, 6.45) is 1.67. The highest BCUT2D eigenvalue weighted by atomic mass is 32.1. The van der Waals surface area contributed by atoms with Crippen molar-refractivity contribution in [3.63, 3.8) is 0 Å². The lowest BCUT2D eigenvalue weighted by atomic mass is 10.1. The zero-order chi connectivity index (χ0) is 16.4. The van der Waals surface area contributed by atoms with Gasteiger partial charge >= 0.3 is 0 Å². The number of carbonyl (C=O) groups is 1. The molecule has 3 heterocycles. The zero-order valence-corrected chi connectivity index (χ0v) is 14.2. The van der Waals surface area contributed by atoms with Crippen molar-refractivity contribution in [1.82, 2.24) is 14.8 Å². The smallest absolute Gasteiger partial charge is 0.272 e. The predicted octanol–water partition coefficient (Wildman–Crippen LogP) is 3.25. The maximum atomic E-state index is 12.4. The molecule has 0 radical (unpaired) electrons. The third-order valence-electron chi connectivity index (χ3n) is 4.50. The van der Waals surface area contributed by atoms with Crippen LogP contribution in [0.1, 0.15) is 16.1 Å². The number of piperazine rings is 1. The van der Waals surface area contributed by atoms with E-state index < -0.39 is 0 Å². The number of fused-ring (bicyclic) bond motifs is 1. The Morgan fingerprint density at radius 1 is 1.04 bits per heavy atom. The fourth-order valence-electron chi connectivity index (χ4n) is 3.16. The Bertz CT molecular complexity index is 838. The Balaban J connectivity index is 1.39. The molecule has 0 atom stereocenters. The molecule has 0 spiro atoms. The lowest BCUT2D eigenvalue weighted by molar-refractivity contribution is 0.0623. The van der Waals surface area contributed by atoms with Crippen molar-refractivity contribution in [2.45, 2.75) is 6.54 Å². The van der Waals surface area contributed by atoms with Gasteiger partial charge in [0.05, 0.1) is 0 Å². The summed E-state index contributed by atoms with van der Waals surface area (Å²) in [6.45, 7) is 4.29. The maximum absolute atomic E-state index is 12.4. The number of benzene rings is 1. The molecule has 0 saturated carbocycles.